The third-order valence-corrected chi connectivity index (χ3v) is 8.97. The first-order valence-corrected chi connectivity index (χ1v) is 14.4. The number of amides is 1. The van der Waals surface area contributed by atoms with E-state index in [9.17, 15) is 9.36 Å². The highest BCUT2D eigenvalue weighted by Gasteiger charge is 2.39. The van der Waals surface area contributed by atoms with E-state index in [1.165, 1.54) is 0 Å². The maximum Gasteiger partial charge on any atom is 0.428 e. The van der Waals surface area contributed by atoms with Crippen LogP contribution in [-0.2, 0) is 18.3 Å². The molecule has 1 saturated carbocycles. The molecule has 1 aromatic rings. The summed E-state index contributed by atoms with van der Waals surface area (Å²) in [4.78, 5) is 12.7. The van der Waals surface area contributed by atoms with Gasteiger partial charge in [-0.05, 0) is 63.9 Å². The Morgan fingerprint density at radius 1 is 1.11 bits per heavy atom. The van der Waals surface area contributed by atoms with Gasteiger partial charge in [-0.15, -0.1) is 0 Å². The number of hydrazone groups is 1. The summed E-state index contributed by atoms with van der Waals surface area (Å²) in [7, 11) is -3.62. The van der Waals surface area contributed by atoms with E-state index < -0.39 is 19.5 Å². The van der Waals surface area contributed by atoms with Crippen LogP contribution in [0.3, 0.4) is 0 Å². The minimum Gasteiger partial charge on any atom is -0.445 e. The second kappa shape index (κ2) is 14.1. The molecule has 0 spiro atoms. The van der Waals surface area contributed by atoms with Gasteiger partial charge in [0.25, 0.3) is 0 Å². The summed E-state index contributed by atoms with van der Waals surface area (Å²) < 4.78 is 30.7. The molecule has 35 heavy (non-hydrogen) atoms. The molecular weight excluding hydrogens is 465 g/mol. The van der Waals surface area contributed by atoms with E-state index in [-0.39, 0.29) is 25.4 Å². The van der Waals surface area contributed by atoms with E-state index >= 15 is 0 Å². The number of rotatable bonds is 12. The molecule has 9 heteroatoms. The number of nitrogens with zero attached hydrogens (tertiary/aromatic N) is 1. The van der Waals surface area contributed by atoms with Crippen molar-refractivity contribution in [3.05, 3.63) is 35.9 Å². The summed E-state index contributed by atoms with van der Waals surface area (Å²) >= 11 is 0. The fraction of sp³-hybridized carbons (Fsp3) is 0.692. The SMILES string of the molecule is CCOP(=O)(OCC)C(N[C@H](C)c1ccccc1)/C(C)=N/NC(=O)O[C@@H]1C[C@H](C)CC[C@H]1C(C)C. The van der Waals surface area contributed by atoms with Crippen LogP contribution in [-0.4, -0.2) is 36.9 Å². The Hall–Kier alpha value is -1.73. The Morgan fingerprint density at radius 3 is 2.31 bits per heavy atom. The first-order valence-electron chi connectivity index (χ1n) is 12.8. The summed E-state index contributed by atoms with van der Waals surface area (Å²) in [6, 6.07) is 9.64. The van der Waals surface area contributed by atoms with Gasteiger partial charge in [0, 0.05) is 6.04 Å². The number of nitrogens with one attached hydrogen (secondary N) is 2. The van der Waals surface area contributed by atoms with Crippen LogP contribution in [0.4, 0.5) is 4.79 Å². The van der Waals surface area contributed by atoms with Gasteiger partial charge >= 0.3 is 13.7 Å². The highest BCUT2D eigenvalue weighted by Crippen LogP contribution is 2.53. The molecule has 1 fully saturated rings. The molecule has 1 aliphatic carbocycles. The molecule has 0 bridgehead atoms. The summed E-state index contributed by atoms with van der Waals surface area (Å²) in [5.74, 6) is 0.432. The van der Waals surface area contributed by atoms with Crippen LogP contribution < -0.4 is 10.7 Å². The molecule has 1 amide bonds. The van der Waals surface area contributed by atoms with Crippen LogP contribution >= 0.6 is 7.60 Å². The monoisotopic (exact) mass is 509 g/mol. The van der Waals surface area contributed by atoms with E-state index in [0.29, 0.717) is 23.5 Å². The summed E-state index contributed by atoms with van der Waals surface area (Å²) in [6.07, 6.45) is 2.31. The Kier molecular flexibility index (Phi) is 11.9. The number of carbonyl (C=O) groups is 1. The predicted molar refractivity (Wildman–Crippen MR) is 140 cm³/mol. The molecule has 1 aliphatic rings. The van der Waals surface area contributed by atoms with Gasteiger partial charge in [-0.1, -0.05) is 57.5 Å². The highest BCUT2D eigenvalue weighted by atomic mass is 31.2. The highest BCUT2D eigenvalue weighted by molar-refractivity contribution is 7.55. The number of ether oxygens (including phenoxy) is 1. The second-order valence-corrected chi connectivity index (χ2v) is 11.8. The van der Waals surface area contributed by atoms with Gasteiger partial charge in [0.05, 0.1) is 18.9 Å². The lowest BCUT2D eigenvalue weighted by Crippen LogP contribution is -2.40. The Morgan fingerprint density at radius 2 is 1.74 bits per heavy atom. The first kappa shape index (κ1) is 29.5. The van der Waals surface area contributed by atoms with Crippen molar-refractivity contribution in [2.45, 2.75) is 85.7 Å². The third kappa shape index (κ3) is 8.71. The van der Waals surface area contributed by atoms with Crippen LogP contribution in [0, 0.1) is 17.8 Å². The number of benzene rings is 1. The number of carbonyl (C=O) groups excluding carboxylic acids is 1. The van der Waals surface area contributed by atoms with E-state index in [1.807, 2.05) is 37.3 Å². The molecule has 8 nitrogen and oxygen atoms in total. The zero-order valence-corrected chi connectivity index (χ0v) is 23.2. The predicted octanol–water partition coefficient (Wildman–Crippen LogP) is 6.49. The lowest BCUT2D eigenvalue weighted by atomic mass is 9.75. The number of hydrogen-bond donors (Lipinski definition) is 2. The molecular formula is C26H44N3O5P. The normalized spacial score (nSPS) is 23.1. The first-order chi connectivity index (χ1) is 16.6. The number of hydrogen-bond acceptors (Lipinski definition) is 7. The average molecular weight is 510 g/mol. The molecule has 2 N–H and O–H groups in total. The molecule has 0 heterocycles. The van der Waals surface area contributed by atoms with E-state index in [1.54, 1.807) is 20.8 Å². The molecule has 1 aromatic carbocycles. The fourth-order valence-electron chi connectivity index (χ4n) is 4.67. The molecule has 2 rings (SSSR count). The van der Waals surface area contributed by atoms with Crippen molar-refractivity contribution in [3.8, 4) is 0 Å². The third-order valence-electron chi connectivity index (χ3n) is 6.58. The van der Waals surface area contributed by atoms with Crippen molar-refractivity contribution >= 4 is 19.4 Å². The maximum absolute atomic E-state index is 13.7. The molecule has 0 saturated heterocycles. The van der Waals surface area contributed by atoms with Crippen molar-refractivity contribution in [1.82, 2.24) is 10.7 Å². The van der Waals surface area contributed by atoms with Gasteiger partial charge in [-0.25, -0.2) is 10.2 Å². The fourth-order valence-corrected chi connectivity index (χ4v) is 6.68. The van der Waals surface area contributed by atoms with Crippen LogP contribution in [0.15, 0.2) is 35.4 Å². The second-order valence-electron chi connectivity index (χ2n) is 9.71. The van der Waals surface area contributed by atoms with Gasteiger partial charge in [0.2, 0.25) is 0 Å². The van der Waals surface area contributed by atoms with E-state index in [4.69, 9.17) is 13.8 Å². The van der Waals surface area contributed by atoms with Crippen molar-refractivity contribution in [1.29, 1.82) is 0 Å². The topological polar surface area (TPSA) is 98.3 Å². The molecule has 0 radical (unpaired) electrons. The average Bonchev–Trinajstić information content (AvgIpc) is 2.81. The van der Waals surface area contributed by atoms with Gasteiger partial charge in [-0.2, -0.15) is 5.10 Å². The van der Waals surface area contributed by atoms with Crippen molar-refractivity contribution < 1.29 is 23.1 Å². The summed E-state index contributed by atoms with van der Waals surface area (Å²) in [5, 5.41) is 7.59. The molecule has 1 unspecified atom stereocenters. The van der Waals surface area contributed by atoms with Gasteiger partial charge in [0.15, 0.2) is 5.78 Å². The lowest BCUT2D eigenvalue weighted by Gasteiger charge is -2.36. The smallest absolute Gasteiger partial charge is 0.428 e. The summed E-state index contributed by atoms with van der Waals surface area (Å²) in [5.41, 5.74) is 3.91. The standard InChI is InChI=1S/C26H44N3O5P/c1-8-32-35(31,33-9-2)25(27-20(6)22-13-11-10-12-14-22)21(7)28-29-26(30)34-24-17-19(5)15-16-23(24)18(3)4/h10-14,18-20,23-25,27H,8-9,15-17H2,1-7H3,(H,29,30)/b28-21+/t19-,20-,23+,24-,25?/m1/s1. The Bertz CT molecular complexity index is 854. The minimum absolute atomic E-state index is 0.140. The molecule has 0 aromatic heterocycles. The maximum atomic E-state index is 13.7. The van der Waals surface area contributed by atoms with Gasteiger partial charge in [0.1, 0.15) is 6.10 Å². The van der Waals surface area contributed by atoms with E-state index in [2.05, 4.69) is 36.6 Å². The minimum atomic E-state index is -3.62. The van der Waals surface area contributed by atoms with Crippen molar-refractivity contribution in [3.63, 3.8) is 0 Å². The van der Waals surface area contributed by atoms with Crippen molar-refractivity contribution in [2.24, 2.45) is 22.9 Å². The van der Waals surface area contributed by atoms with Crippen LogP contribution in [0.25, 0.3) is 0 Å². The molecule has 198 valence electrons. The molecule has 5 atom stereocenters. The summed E-state index contributed by atoms with van der Waals surface area (Å²) in [6.45, 7) is 14.2. The quantitative estimate of drug-likeness (QED) is 0.190. The van der Waals surface area contributed by atoms with Crippen molar-refractivity contribution in [2.75, 3.05) is 13.2 Å². The molecule has 0 aliphatic heterocycles. The zero-order valence-electron chi connectivity index (χ0n) is 22.3. The van der Waals surface area contributed by atoms with Gasteiger partial charge in [-0.3, -0.25) is 9.88 Å². The zero-order chi connectivity index (χ0) is 26.0. The largest absolute Gasteiger partial charge is 0.445 e. The van der Waals surface area contributed by atoms with Crippen LogP contribution in [0.5, 0.6) is 0 Å². The lowest BCUT2D eigenvalue weighted by molar-refractivity contribution is 0.00630. The van der Waals surface area contributed by atoms with Crippen LogP contribution in [0.2, 0.25) is 0 Å². The van der Waals surface area contributed by atoms with E-state index in [0.717, 1.165) is 24.8 Å². The van der Waals surface area contributed by atoms with Gasteiger partial charge < -0.3 is 13.8 Å². The Labute approximate surface area is 211 Å². The van der Waals surface area contributed by atoms with Crippen LogP contribution in [0.1, 0.15) is 79.3 Å². The Balaban J connectivity index is 2.19.